The lowest BCUT2D eigenvalue weighted by atomic mass is 9.91. The summed E-state index contributed by atoms with van der Waals surface area (Å²) in [5.74, 6) is -1.09. The fourth-order valence-electron chi connectivity index (χ4n) is 4.16. The number of nitro groups is 1. The summed E-state index contributed by atoms with van der Waals surface area (Å²) < 4.78 is 2.74. The van der Waals surface area contributed by atoms with E-state index in [2.05, 4.69) is 10.0 Å². The van der Waals surface area contributed by atoms with Crippen molar-refractivity contribution >= 4 is 23.6 Å². The summed E-state index contributed by atoms with van der Waals surface area (Å²) >= 11 is 0.968. The Balaban J connectivity index is 0.000000231. The predicted octanol–water partition coefficient (Wildman–Crippen LogP) is 5.54. The van der Waals surface area contributed by atoms with Crippen molar-refractivity contribution in [3.05, 3.63) is 34.4 Å². The average Bonchev–Trinajstić information content (AvgIpc) is 2.75. The normalized spacial score (nSPS) is 18.8. The van der Waals surface area contributed by atoms with Crippen molar-refractivity contribution < 1.29 is 14.8 Å². The van der Waals surface area contributed by atoms with Gasteiger partial charge in [-0.2, -0.15) is 0 Å². The lowest BCUT2D eigenvalue weighted by Crippen LogP contribution is -2.40. The number of carbonyl (C=O) groups is 1. The monoisotopic (exact) mass is 451 g/mol. The van der Waals surface area contributed by atoms with Gasteiger partial charge in [-0.1, -0.05) is 64.5 Å². The van der Waals surface area contributed by atoms with Crippen LogP contribution in [-0.2, 0) is 4.79 Å². The first-order chi connectivity index (χ1) is 14.9. The first kappa shape index (κ1) is 25.6. The van der Waals surface area contributed by atoms with Crippen molar-refractivity contribution in [2.24, 2.45) is 5.92 Å². The molecular formula is C23H37N3O4S. The van der Waals surface area contributed by atoms with E-state index >= 15 is 0 Å². The van der Waals surface area contributed by atoms with E-state index in [4.69, 9.17) is 5.11 Å². The van der Waals surface area contributed by atoms with Crippen LogP contribution in [0.25, 0.3) is 0 Å². The number of benzene rings is 1. The smallest absolute Gasteiger partial charge is 0.321 e. The summed E-state index contributed by atoms with van der Waals surface area (Å²) in [5, 5.41) is 23.6. The molecule has 174 valence electrons. The quantitative estimate of drug-likeness (QED) is 0.271. The molecule has 0 saturated heterocycles. The Morgan fingerprint density at radius 3 is 2.00 bits per heavy atom. The van der Waals surface area contributed by atoms with Gasteiger partial charge in [0.1, 0.15) is 10.9 Å². The molecule has 1 atom stereocenters. The maximum absolute atomic E-state index is 11.0. The van der Waals surface area contributed by atoms with Crippen LogP contribution in [0.5, 0.6) is 0 Å². The van der Waals surface area contributed by atoms with E-state index in [1.54, 1.807) is 32.0 Å². The molecule has 0 amide bonds. The summed E-state index contributed by atoms with van der Waals surface area (Å²) in [7, 11) is 0. The number of nitro benzene ring substituents is 1. The maximum atomic E-state index is 11.0. The summed E-state index contributed by atoms with van der Waals surface area (Å²) in [4.78, 5) is 21.7. The molecule has 3 N–H and O–H groups in total. The van der Waals surface area contributed by atoms with Gasteiger partial charge in [0, 0.05) is 18.2 Å². The molecule has 0 heterocycles. The van der Waals surface area contributed by atoms with Crippen LogP contribution in [0, 0.1) is 16.0 Å². The van der Waals surface area contributed by atoms with E-state index in [0.29, 0.717) is 4.90 Å². The Bertz CT molecular complexity index is 673. The molecule has 2 aliphatic carbocycles. The second-order valence-corrected chi connectivity index (χ2v) is 9.72. The first-order valence-corrected chi connectivity index (χ1v) is 12.3. The Morgan fingerprint density at radius 2 is 1.55 bits per heavy atom. The molecule has 0 spiro atoms. The number of carboxylic acids is 1. The minimum Gasteiger partial charge on any atom is -0.480 e. The number of rotatable bonds is 8. The minimum atomic E-state index is -0.976. The molecule has 3 rings (SSSR count). The number of para-hydroxylation sites is 1. The molecule has 0 bridgehead atoms. The van der Waals surface area contributed by atoms with Gasteiger partial charge in [0.25, 0.3) is 5.69 Å². The van der Waals surface area contributed by atoms with Gasteiger partial charge in [-0.15, -0.1) is 0 Å². The molecule has 7 nitrogen and oxygen atoms in total. The highest BCUT2D eigenvalue weighted by molar-refractivity contribution is 7.97. The molecule has 1 aromatic rings. The molecule has 0 radical (unpaired) electrons. The van der Waals surface area contributed by atoms with E-state index in [-0.39, 0.29) is 11.6 Å². The zero-order valence-corrected chi connectivity index (χ0v) is 19.5. The predicted molar refractivity (Wildman–Crippen MR) is 125 cm³/mol. The molecular weight excluding hydrogens is 414 g/mol. The van der Waals surface area contributed by atoms with E-state index < -0.39 is 16.9 Å². The number of hydrogen-bond acceptors (Lipinski definition) is 6. The van der Waals surface area contributed by atoms with Gasteiger partial charge < -0.3 is 10.4 Å². The second kappa shape index (κ2) is 13.7. The highest BCUT2D eigenvalue weighted by atomic mass is 32.2. The van der Waals surface area contributed by atoms with Crippen LogP contribution in [-0.4, -0.2) is 34.1 Å². The van der Waals surface area contributed by atoms with Gasteiger partial charge in [-0.05, 0) is 49.6 Å². The third kappa shape index (κ3) is 9.17. The van der Waals surface area contributed by atoms with Crippen LogP contribution >= 0.6 is 11.9 Å². The van der Waals surface area contributed by atoms with Gasteiger partial charge in [0.05, 0.1) is 4.92 Å². The highest BCUT2D eigenvalue weighted by Crippen LogP contribution is 2.27. The van der Waals surface area contributed by atoms with Crippen molar-refractivity contribution in [2.75, 3.05) is 0 Å². The number of hydrogen-bond donors (Lipinski definition) is 3. The molecule has 0 unspecified atom stereocenters. The molecule has 0 aliphatic heterocycles. The average molecular weight is 452 g/mol. The summed E-state index contributed by atoms with van der Waals surface area (Å²) in [5.41, 5.74) is -0.0390. The van der Waals surface area contributed by atoms with Crippen molar-refractivity contribution in [1.29, 1.82) is 0 Å². The summed E-state index contributed by atoms with van der Waals surface area (Å²) in [6, 6.07) is 7.19. The van der Waals surface area contributed by atoms with Crippen LogP contribution in [0.15, 0.2) is 29.2 Å². The molecule has 0 aromatic heterocycles. The standard InChI is InChI=1S/C12H23N.C11H14N2O4S/c1-3-7-11(8-4-1)13-12-9-5-2-6-10-12;1-7(2)10(11(14)15)12-18-9-6-4-3-5-8(9)13(16)17/h11-13H,1-10H2;3-7,10,12H,1-2H3,(H,14,15)/t;10-/m.0/s1. The third-order valence-electron chi connectivity index (χ3n) is 5.97. The van der Waals surface area contributed by atoms with Crippen molar-refractivity contribution in [2.45, 2.75) is 101 Å². The van der Waals surface area contributed by atoms with E-state index in [1.807, 2.05) is 0 Å². The Labute approximate surface area is 190 Å². The lowest BCUT2D eigenvalue weighted by molar-refractivity contribution is -0.387. The second-order valence-electron chi connectivity index (χ2n) is 8.84. The third-order valence-corrected chi connectivity index (χ3v) is 6.91. The topological polar surface area (TPSA) is 105 Å². The molecule has 2 aliphatic rings. The van der Waals surface area contributed by atoms with E-state index in [1.165, 1.54) is 70.3 Å². The van der Waals surface area contributed by atoms with Gasteiger partial charge in [0.2, 0.25) is 0 Å². The maximum Gasteiger partial charge on any atom is 0.321 e. The molecule has 2 fully saturated rings. The van der Waals surface area contributed by atoms with Crippen molar-refractivity contribution in [3.8, 4) is 0 Å². The Morgan fingerprint density at radius 1 is 1.03 bits per heavy atom. The van der Waals surface area contributed by atoms with Gasteiger partial charge in [-0.3, -0.25) is 14.9 Å². The lowest BCUT2D eigenvalue weighted by Gasteiger charge is -2.30. The van der Waals surface area contributed by atoms with E-state index in [9.17, 15) is 14.9 Å². The highest BCUT2D eigenvalue weighted by Gasteiger charge is 2.23. The summed E-state index contributed by atoms with van der Waals surface area (Å²) in [6.45, 7) is 3.54. The van der Waals surface area contributed by atoms with Crippen LogP contribution in [0.2, 0.25) is 0 Å². The van der Waals surface area contributed by atoms with Crippen LogP contribution in [0.4, 0.5) is 5.69 Å². The van der Waals surface area contributed by atoms with Gasteiger partial charge >= 0.3 is 5.97 Å². The fraction of sp³-hybridized carbons (Fsp3) is 0.696. The van der Waals surface area contributed by atoms with Crippen molar-refractivity contribution in [3.63, 3.8) is 0 Å². The molecule has 1 aromatic carbocycles. The summed E-state index contributed by atoms with van der Waals surface area (Å²) in [6.07, 6.45) is 14.6. The van der Waals surface area contributed by atoms with Crippen molar-refractivity contribution in [1.82, 2.24) is 10.0 Å². The number of carboxylic acid groups (broad SMARTS) is 1. The van der Waals surface area contributed by atoms with Gasteiger partial charge in [0.15, 0.2) is 0 Å². The SMILES string of the molecule is C1CCC(NC2CCCCC2)CC1.CC(C)[C@H](NSc1ccccc1[N+](=O)[O-])C(=O)O. The number of nitrogens with zero attached hydrogens (tertiary/aromatic N) is 1. The van der Waals surface area contributed by atoms with E-state index in [0.717, 1.165) is 24.0 Å². The van der Waals surface area contributed by atoms with Crippen LogP contribution in [0.3, 0.4) is 0 Å². The first-order valence-electron chi connectivity index (χ1n) is 11.5. The zero-order valence-electron chi connectivity index (χ0n) is 18.7. The number of nitrogens with one attached hydrogen (secondary N) is 2. The number of aliphatic carboxylic acids is 1. The van der Waals surface area contributed by atoms with Crippen LogP contribution < -0.4 is 10.0 Å². The minimum absolute atomic E-state index is 0.0390. The molecule has 2 saturated carbocycles. The Hall–Kier alpha value is -1.64. The zero-order chi connectivity index (χ0) is 22.6. The fourth-order valence-corrected chi connectivity index (χ4v) is 5.19. The largest absolute Gasteiger partial charge is 0.480 e. The Kier molecular flexibility index (Phi) is 11.3. The van der Waals surface area contributed by atoms with Gasteiger partial charge in [-0.25, -0.2) is 4.72 Å². The van der Waals surface area contributed by atoms with Crippen LogP contribution in [0.1, 0.15) is 78.1 Å². The molecule has 8 heteroatoms. The molecule has 31 heavy (non-hydrogen) atoms.